The number of para-hydroxylation sites is 3. The second-order valence-electron chi connectivity index (χ2n) is 12.0. The Morgan fingerprint density at radius 2 is 1.38 bits per heavy atom. The van der Waals surface area contributed by atoms with Crippen LogP contribution < -0.4 is 20.3 Å². The fourth-order valence-electron chi connectivity index (χ4n) is 6.10. The fraction of sp³-hybridized carbons (Fsp3) is 0.0930. The first-order valence-electron chi connectivity index (χ1n) is 16.8. The molecule has 0 unspecified atom stereocenters. The predicted octanol–water partition coefficient (Wildman–Crippen LogP) is 8.92. The fourth-order valence-corrected chi connectivity index (χ4v) is 6.85. The van der Waals surface area contributed by atoms with Gasteiger partial charge in [0.05, 0.1) is 29.8 Å². The number of rotatable bonds is 10. The van der Waals surface area contributed by atoms with Gasteiger partial charge in [-0.05, 0) is 96.8 Å². The zero-order chi connectivity index (χ0) is 35.9. The lowest BCUT2D eigenvalue weighted by Crippen LogP contribution is -2.30. The molecule has 0 fully saturated rings. The molecule has 258 valence electrons. The number of nitrogens with zero attached hydrogens (tertiary/aromatic N) is 1. The number of aryl methyl sites for hydroxylation is 2. The van der Waals surface area contributed by atoms with Crippen LogP contribution in [0.15, 0.2) is 155 Å². The Kier molecular flexibility index (Phi) is 10.3. The number of carbonyl (C=O) groups is 3. The largest absolute Gasteiger partial charge is 0.496 e. The van der Waals surface area contributed by atoms with Crippen molar-refractivity contribution in [1.82, 2.24) is 5.32 Å². The topological polar surface area (TPSA) is 101 Å². The van der Waals surface area contributed by atoms with Gasteiger partial charge in [-0.2, -0.15) is 0 Å². The molecule has 2 N–H and O–H groups in total. The summed E-state index contributed by atoms with van der Waals surface area (Å²) < 4.78 is 11.5. The van der Waals surface area contributed by atoms with Crippen LogP contribution in [0.1, 0.15) is 27.2 Å². The van der Waals surface area contributed by atoms with Crippen molar-refractivity contribution in [2.45, 2.75) is 17.7 Å². The Balaban J connectivity index is 1.06. The van der Waals surface area contributed by atoms with E-state index in [0.29, 0.717) is 28.5 Å². The molecule has 1 aliphatic rings. The summed E-state index contributed by atoms with van der Waals surface area (Å²) in [5.74, 6) is 0.802. The molecular weight excluding hydrogens is 671 g/mol. The molecule has 0 saturated heterocycles. The highest BCUT2D eigenvalue weighted by atomic mass is 32.2. The molecule has 0 radical (unpaired) electrons. The lowest BCUT2D eigenvalue weighted by atomic mass is 10.0. The molecule has 0 saturated carbocycles. The van der Waals surface area contributed by atoms with E-state index in [4.69, 9.17) is 9.15 Å². The van der Waals surface area contributed by atoms with Crippen LogP contribution in [0.25, 0.3) is 17.4 Å². The van der Waals surface area contributed by atoms with Crippen molar-refractivity contribution in [3.05, 3.63) is 168 Å². The van der Waals surface area contributed by atoms with E-state index in [-0.39, 0.29) is 17.4 Å². The Morgan fingerprint density at radius 1 is 0.750 bits per heavy atom. The first-order chi connectivity index (χ1) is 25.5. The minimum Gasteiger partial charge on any atom is -0.496 e. The first kappa shape index (κ1) is 34.1. The molecule has 52 heavy (non-hydrogen) atoms. The number of hydrogen-bond acceptors (Lipinski definition) is 6. The van der Waals surface area contributed by atoms with Gasteiger partial charge in [-0.3, -0.25) is 19.3 Å². The van der Waals surface area contributed by atoms with Gasteiger partial charge >= 0.3 is 0 Å². The monoisotopic (exact) mass is 705 g/mol. The van der Waals surface area contributed by atoms with Gasteiger partial charge in [-0.25, -0.2) is 0 Å². The molecule has 3 amide bonds. The summed E-state index contributed by atoms with van der Waals surface area (Å²) in [5, 5.41) is 5.63. The zero-order valence-electron chi connectivity index (χ0n) is 28.4. The maximum Gasteiger partial charge on any atom is 0.272 e. The van der Waals surface area contributed by atoms with Gasteiger partial charge in [0, 0.05) is 22.2 Å². The van der Waals surface area contributed by atoms with Gasteiger partial charge < -0.3 is 19.8 Å². The van der Waals surface area contributed by atoms with Gasteiger partial charge in [0.1, 0.15) is 23.0 Å². The van der Waals surface area contributed by atoms with E-state index < -0.39 is 11.8 Å². The van der Waals surface area contributed by atoms with Crippen molar-refractivity contribution >= 4 is 52.6 Å². The van der Waals surface area contributed by atoms with Crippen molar-refractivity contribution in [3.63, 3.8) is 0 Å². The maximum absolute atomic E-state index is 13.8. The van der Waals surface area contributed by atoms with E-state index in [1.165, 1.54) is 17.8 Å². The van der Waals surface area contributed by atoms with Gasteiger partial charge in [-0.15, -0.1) is 11.8 Å². The third-order valence-corrected chi connectivity index (χ3v) is 9.66. The third kappa shape index (κ3) is 7.70. The Morgan fingerprint density at radius 3 is 2.08 bits per heavy atom. The van der Waals surface area contributed by atoms with Gasteiger partial charge in [0.15, 0.2) is 0 Å². The number of ether oxygens (including phenoxy) is 1. The second kappa shape index (κ2) is 15.7. The summed E-state index contributed by atoms with van der Waals surface area (Å²) in [6, 6.07) is 43.0. The highest BCUT2D eigenvalue weighted by molar-refractivity contribution is 8.00. The molecule has 6 aromatic rings. The van der Waals surface area contributed by atoms with Crippen LogP contribution >= 0.6 is 11.8 Å². The normalized spacial score (nSPS) is 12.2. The lowest BCUT2D eigenvalue weighted by Gasteiger charge is -2.25. The average Bonchev–Trinajstić information content (AvgIpc) is 3.58. The maximum atomic E-state index is 13.8. The van der Waals surface area contributed by atoms with Crippen LogP contribution in [-0.4, -0.2) is 30.6 Å². The summed E-state index contributed by atoms with van der Waals surface area (Å²) in [6.07, 6.45) is 3.23. The number of anilines is 3. The number of amides is 3. The number of fused-ring (bicyclic) bond motifs is 2. The number of hydrogen-bond donors (Lipinski definition) is 2. The standard InChI is InChI=1S/C43H35N3O5S/c1-50-39-18-10-7-15-35(39)40-26-23-33(51-40)27-36(45-42(48)31-13-3-2-4-14-31)43(49)44-32-21-24-34(25-22-32)52-28-41(47)46-37-16-8-5-11-29(37)19-20-30-12-6-9-17-38(30)46/h2-18,21-27H,19-20,28H2,1H3,(H,44,49)(H,45,48)/b36-27+. The van der Waals surface area contributed by atoms with Crippen molar-refractivity contribution in [1.29, 1.82) is 0 Å². The van der Waals surface area contributed by atoms with Crippen molar-refractivity contribution in [2.75, 3.05) is 23.1 Å². The highest BCUT2D eigenvalue weighted by Crippen LogP contribution is 2.37. The number of furan rings is 1. The minimum absolute atomic E-state index is 0.00293. The summed E-state index contributed by atoms with van der Waals surface area (Å²) in [7, 11) is 1.59. The van der Waals surface area contributed by atoms with Crippen LogP contribution in [-0.2, 0) is 22.4 Å². The smallest absolute Gasteiger partial charge is 0.272 e. The van der Waals surface area contributed by atoms with E-state index in [2.05, 4.69) is 22.8 Å². The van der Waals surface area contributed by atoms with Crippen LogP contribution in [0, 0.1) is 0 Å². The van der Waals surface area contributed by atoms with Gasteiger partial charge in [0.2, 0.25) is 5.91 Å². The Bertz CT molecular complexity index is 2220. The second-order valence-corrected chi connectivity index (χ2v) is 13.1. The SMILES string of the molecule is COc1ccccc1-c1ccc(/C=C(/NC(=O)c2ccccc2)C(=O)Nc2ccc(SCC(=O)N3c4ccccc4CCc4ccccc43)cc2)o1. The van der Waals surface area contributed by atoms with Crippen LogP contribution in [0.5, 0.6) is 5.75 Å². The van der Waals surface area contributed by atoms with Crippen LogP contribution in [0.3, 0.4) is 0 Å². The average molecular weight is 706 g/mol. The van der Waals surface area contributed by atoms with Gasteiger partial charge in [-0.1, -0.05) is 66.7 Å². The molecule has 1 aliphatic heterocycles. The van der Waals surface area contributed by atoms with E-state index in [9.17, 15) is 14.4 Å². The van der Waals surface area contributed by atoms with Crippen molar-refractivity contribution in [3.8, 4) is 17.1 Å². The molecule has 9 heteroatoms. The minimum atomic E-state index is -0.534. The van der Waals surface area contributed by atoms with E-state index in [0.717, 1.165) is 45.8 Å². The molecule has 7 rings (SSSR count). The molecule has 0 atom stereocenters. The summed E-state index contributed by atoms with van der Waals surface area (Å²) >= 11 is 1.43. The number of nitrogens with one attached hydrogen (secondary N) is 2. The number of benzene rings is 5. The Labute approximate surface area is 306 Å². The molecule has 0 aliphatic carbocycles. The lowest BCUT2D eigenvalue weighted by molar-refractivity contribution is -0.115. The molecule has 2 heterocycles. The quantitative estimate of drug-likeness (QED) is 0.109. The van der Waals surface area contributed by atoms with Crippen molar-refractivity contribution < 1.29 is 23.5 Å². The van der Waals surface area contributed by atoms with Crippen LogP contribution in [0.4, 0.5) is 17.1 Å². The first-order valence-corrected chi connectivity index (χ1v) is 17.8. The highest BCUT2D eigenvalue weighted by Gasteiger charge is 2.25. The predicted molar refractivity (Wildman–Crippen MR) is 206 cm³/mol. The van der Waals surface area contributed by atoms with Crippen LogP contribution in [0.2, 0.25) is 0 Å². The molecular formula is C43H35N3O5S. The number of carbonyl (C=O) groups excluding carboxylic acids is 3. The number of thioether (sulfide) groups is 1. The molecule has 0 bridgehead atoms. The number of methoxy groups -OCH3 is 1. The summed E-state index contributed by atoms with van der Waals surface area (Å²) in [5.41, 5.74) is 5.81. The van der Waals surface area contributed by atoms with E-state index in [1.807, 2.05) is 83.8 Å². The van der Waals surface area contributed by atoms with Gasteiger partial charge in [0.25, 0.3) is 11.8 Å². The molecule has 1 aromatic heterocycles. The van der Waals surface area contributed by atoms with E-state index in [1.54, 1.807) is 55.6 Å². The third-order valence-electron chi connectivity index (χ3n) is 8.67. The molecule has 5 aromatic carbocycles. The Hall–Kier alpha value is -6.32. The molecule has 0 spiro atoms. The summed E-state index contributed by atoms with van der Waals surface area (Å²) in [6.45, 7) is 0. The summed E-state index contributed by atoms with van der Waals surface area (Å²) in [4.78, 5) is 43.3. The zero-order valence-corrected chi connectivity index (χ0v) is 29.2. The van der Waals surface area contributed by atoms with Crippen molar-refractivity contribution in [2.24, 2.45) is 0 Å². The molecule has 8 nitrogen and oxygen atoms in total. The van der Waals surface area contributed by atoms with E-state index >= 15 is 0 Å².